The minimum absolute atomic E-state index is 0.0230. The van der Waals surface area contributed by atoms with Crippen molar-refractivity contribution in [1.29, 1.82) is 0 Å². The Morgan fingerprint density at radius 1 is 1.00 bits per heavy atom. The van der Waals surface area contributed by atoms with E-state index in [1.54, 1.807) is 0 Å². The second-order valence-electron chi connectivity index (χ2n) is 8.54. The van der Waals surface area contributed by atoms with Crippen molar-refractivity contribution in [1.82, 2.24) is 5.32 Å². The van der Waals surface area contributed by atoms with Gasteiger partial charge in [0.05, 0.1) is 19.3 Å². The number of carbonyl (C=O) groups excluding carboxylic acids is 1. The Hall–Kier alpha value is -2.43. The number of aliphatic hydroxyl groups is 1. The van der Waals surface area contributed by atoms with Gasteiger partial charge < -0.3 is 15.2 Å². The normalized spacial score (nSPS) is 25.4. The fourth-order valence-electron chi connectivity index (χ4n) is 5.05. The number of benzene rings is 2. The lowest BCUT2D eigenvalue weighted by molar-refractivity contribution is -0.128. The van der Waals surface area contributed by atoms with Gasteiger partial charge in [-0.15, -0.1) is 0 Å². The van der Waals surface area contributed by atoms with Crippen LogP contribution in [-0.4, -0.2) is 30.3 Å². The Labute approximate surface area is 179 Å². The number of hydrogen-bond acceptors (Lipinski definition) is 3. The monoisotopic (exact) mass is 405 g/mol. The second kappa shape index (κ2) is 10.1. The Morgan fingerprint density at radius 3 is 2.37 bits per heavy atom. The molecular formula is C26H31NO3. The number of nitrogens with one attached hydrogen (secondary N) is 1. The van der Waals surface area contributed by atoms with Crippen LogP contribution in [-0.2, 0) is 22.6 Å². The molecule has 2 aromatic rings. The van der Waals surface area contributed by atoms with E-state index < -0.39 is 0 Å². The number of fused-ring (bicyclic) bond motifs is 2. The van der Waals surface area contributed by atoms with Crippen molar-refractivity contribution in [3.05, 3.63) is 83.9 Å². The van der Waals surface area contributed by atoms with Gasteiger partial charge in [0.1, 0.15) is 0 Å². The summed E-state index contributed by atoms with van der Waals surface area (Å²) in [5.41, 5.74) is 2.29. The van der Waals surface area contributed by atoms with E-state index >= 15 is 0 Å². The van der Waals surface area contributed by atoms with Gasteiger partial charge in [-0.2, -0.15) is 0 Å². The molecule has 2 aliphatic carbocycles. The molecule has 0 radical (unpaired) electrons. The molecule has 0 aromatic heterocycles. The van der Waals surface area contributed by atoms with E-state index in [0.717, 1.165) is 18.4 Å². The van der Waals surface area contributed by atoms with Crippen LogP contribution >= 0.6 is 0 Å². The number of allylic oxidation sites excluding steroid dienone is 2. The maximum atomic E-state index is 13.2. The molecule has 30 heavy (non-hydrogen) atoms. The molecule has 2 N–H and O–H groups in total. The molecule has 1 amide bonds. The number of hydrogen-bond donors (Lipinski definition) is 2. The number of amides is 1. The lowest BCUT2D eigenvalue weighted by Gasteiger charge is -2.29. The van der Waals surface area contributed by atoms with Gasteiger partial charge in [0.15, 0.2) is 0 Å². The lowest BCUT2D eigenvalue weighted by Crippen LogP contribution is -2.45. The van der Waals surface area contributed by atoms with E-state index in [4.69, 9.17) is 4.74 Å². The highest BCUT2D eigenvalue weighted by Gasteiger charge is 2.47. The van der Waals surface area contributed by atoms with Crippen LogP contribution in [0.2, 0.25) is 0 Å². The summed E-state index contributed by atoms with van der Waals surface area (Å²) in [6.07, 6.45) is 7.08. The van der Waals surface area contributed by atoms with Gasteiger partial charge in [-0.3, -0.25) is 4.79 Å². The predicted molar refractivity (Wildman–Crippen MR) is 118 cm³/mol. The van der Waals surface area contributed by atoms with Crippen LogP contribution in [0.15, 0.2) is 72.8 Å². The van der Waals surface area contributed by atoms with Crippen molar-refractivity contribution in [3.8, 4) is 0 Å². The molecule has 5 atom stereocenters. The van der Waals surface area contributed by atoms with Crippen LogP contribution in [0.25, 0.3) is 0 Å². The molecule has 4 rings (SSSR count). The van der Waals surface area contributed by atoms with E-state index in [1.165, 1.54) is 5.56 Å². The first-order chi connectivity index (χ1) is 14.7. The van der Waals surface area contributed by atoms with Crippen molar-refractivity contribution in [2.24, 2.45) is 23.7 Å². The van der Waals surface area contributed by atoms with Gasteiger partial charge in [0, 0.05) is 12.5 Å². The number of aliphatic hydroxyl groups excluding tert-OH is 1. The van der Waals surface area contributed by atoms with Crippen molar-refractivity contribution < 1.29 is 14.6 Å². The summed E-state index contributed by atoms with van der Waals surface area (Å²) in [5.74, 6) is 1.14. The molecule has 0 heterocycles. The van der Waals surface area contributed by atoms with Gasteiger partial charge >= 0.3 is 0 Å². The molecule has 4 heteroatoms. The molecule has 2 bridgehead atoms. The third-order valence-electron chi connectivity index (χ3n) is 6.52. The highest BCUT2D eigenvalue weighted by molar-refractivity contribution is 5.80. The Kier molecular flexibility index (Phi) is 6.98. The second-order valence-corrected chi connectivity index (χ2v) is 8.54. The predicted octanol–water partition coefficient (Wildman–Crippen LogP) is 3.75. The molecule has 0 spiro atoms. The summed E-state index contributed by atoms with van der Waals surface area (Å²) in [7, 11) is 0. The largest absolute Gasteiger partial charge is 0.394 e. The third-order valence-corrected chi connectivity index (χ3v) is 6.52. The van der Waals surface area contributed by atoms with Crippen LogP contribution < -0.4 is 5.32 Å². The summed E-state index contributed by atoms with van der Waals surface area (Å²) < 4.78 is 5.90. The highest BCUT2D eigenvalue weighted by atomic mass is 16.5. The van der Waals surface area contributed by atoms with Crippen LogP contribution in [0.5, 0.6) is 0 Å². The summed E-state index contributed by atoms with van der Waals surface area (Å²) in [5, 5.41) is 12.9. The molecular weight excluding hydrogens is 374 g/mol. The lowest BCUT2D eigenvalue weighted by atomic mass is 9.80. The van der Waals surface area contributed by atoms with Gasteiger partial charge in [-0.1, -0.05) is 72.8 Å². The third kappa shape index (κ3) is 5.00. The molecule has 0 unspecified atom stereocenters. The van der Waals surface area contributed by atoms with Crippen molar-refractivity contribution >= 4 is 5.91 Å². The fraction of sp³-hybridized carbons (Fsp3) is 0.423. The summed E-state index contributed by atoms with van der Waals surface area (Å²) >= 11 is 0. The van der Waals surface area contributed by atoms with Crippen LogP contribution in [0.1, 0.15) is 24.0 Å². The van der Waals surface area contributed by atoms with E-state index in [9.17, 15) is 9.90 Å². The minimum Gasteiger partial charge on any atom is -0.394 e. The summed E-state index contributed by atoms with van der Waals surface area (Å²) in [6, 6.07) is 19.9. The molecule has 2 aliphatic rings. The standard InChI is InChI=1S/C26H31NO3/c28-17-23(15-19-7-3-1-4-8-19)27-26(29)25-22-12-11-21(16-22)24(25)13-14-30-18-20-9-5-2-6-10-20/h1-12,21-25,28H,13-18H2,(H,27,29)/t21-,22+,23+,24+,25+/m1/s1. The van der Waals surface area contributed by atoms with Crippen molar-refractivity contribution in [2.45, 2.75) is 31.9 Å². The Bertz CT molecular complexity index is 836. The van der Waals surface area contributed by atoms with Crippen LogP contribution in [0, 0.1) is 23.7 Å². The van der Waals surface area contributed by atoms with Gasteiger partial charge in [-0.05, 0) is 48.1 Å². The number of ether oxygens (including phenoxy) is 1. The summed E-state index contributed by atoms with van der Waals surface area (Å²) in [4.78, 5) is 13.2. The average Bonchev–Trinajstić information content (AvgIpc) is 3.39. The van der Waals surface area contributed by atoms with E-state index in [0.29, 0.717) is 37.4 Å². The molecule has 1 saturated carbocycles. The van der Waals surface area contributed by atoms with Gasteiger partial charge in [0.25, 0.3) is 0 Å². The molecule has 0 saturated heterocycles. The topological polar surface area (TPSA) is 58.6 Å². The zero-order chi connectivity index (χ0) is 20.8. The molecule has 4 nitrogen and oxygen atoms in total. The van der Waals surface area contributed by atoms with E-state index in [-0.39, 0.29) is 24.5 Å². The smallest absolute Gasteiger partial charge is 0.224 e. The SMILES string of the molecule is O=C(N[C@H](CO)Cc1ccccc1)[C@@H]1[C@@H](CCOCc2ccccc2)[C@@H]2C=C[C@H]1C2. The maximum Gasteiger partial charge on any atom is 0.224 e. The van der Waals surface area contributed by atoms with Gasteiger partial charge in [0.2, 0.25) is 5.91 Å². The first-order valence-electron chi connectivity index (χ1n) is 11.0. The molecule has 0 aliphatic heterocycles. The van der Waals surface area contributed by atoms with Gasteiger partial charge in [-0.25, -0.2) is 0 Å². The number of rotatable bonds is 10. The number of carbonyl (C=O) groups is 1. The van der Waals surface area contributed by atoms with Crippen molar-refractivity contribution in [2.75, 3.05) is 13.2 Å². The highest BCUT2D eigenvalue weighted by Crippen LogP contribution is 2.49. The molecule has 2 aromatic carbocycles. The first kappa shape index (κ1) is 20.8. The zero-order valence-electron chi connectivity index (χ0n) is 17.3. The Morgan fingerprint density at radius 2 is 1.67 bits per heavy atom. The van der Waals surface area contributed by atoms with Crippen LogP contribution in [0.3, 0.4) is 0 Å². The first-order valence-corrected chi connectivity index (χ1v) is 11.0. The fourth-order valence-corrected chi connectivity index (χ4v) is 5.05. The zero-order valence-corrected chi connectivity index (χ0v) is 17.3. The van der Waals surface area contributed by atoms with E-state index in [2.05, 4.69) is 29.6 Å². The van der Waals surface area contributed by atoms with E-state index in [1.807, 2.05) is 48.5 Å². The van der Waals surface area contributed by atoms with Crippen molar-refractivity contribution in [3.63, 3.8) is 0 Å². The molecule has 158 valence electrons. The van der Waals surface area contributed by atoms with Crippen LogP contribution in [0.4, 0.5) is 0 Å². The minimum atomic E-state index is -0.252. The quantitative estimate of drug-likeness (QED) is 0.468. The molecule has 1 fully saturated rings. The Balaban J connectivity index is 1.31. The summed E-state index contributed by atoms with van der Waals surface area (Å²) in [6.45, 7) is 1.22. The average molecular weight is 406 g/mol. The maximum absolute atomic E-state index is 13.2.